The van der Waals surface area contributed by atoms with Crippen LogP contribution in [0.15, 0.2) is 69.9 Å². The molecular weight excluding hydrogens is 390 g/mol. The Morgan fingerprint density at radius 1 is 0.968 bits per heavy atom. The van der Waals surface area contributed by atoms with Gasteiger partial charge >= 0.3 is 5.63 Å². The third-order valence-corrected chi connectivity index (χ3v) is 5.82. The van der Waals surface area contributed by atoms with Gasteiger partial charge in [0.05, 0.1) is 7.11 Å². The van der Waals surface area contributed by atoms with Crippen molar-refractivity contribution in [2.45, 2.75) is 20.4 Å². The molecule has 5 rings (SSSR count). The Labute approximate surface area is 180 Å². The predicted octanol–water partition coefficient (Wildman–Crippen LogP) is 5.44. The number of anilines is 1. The molecule has 1 aromatic heterocycles. The first kappa shape index (κ1) is 19.2. The molecule has 0 amide bonds. The molecule has 0 spiro atoms. The van der Waals surface area contributed by atoms with Crippen molar-refractivity contribution >= 4 is 16.7 Å². The molecule has 1 aliphatic heterocycles. The maximum Gasteiger partial charge on any atom is 0.336 e. The minimum atomic E-state index is -0.376. The average molecular weight is 413 g/mol. The maximum atomic E-state index is 12.3. The molecule has 5 nitrogen and oxygen atoms in total. The highest BCUT2D eigenvalue weighted by molar-refractivity contribution is 5.96. The summed E-state index contributed by atoms with van der Waals surface area (Å²) in [6.45, 7) is 5.19. The summed E-state index contributed by atoms with van der Waals surface area (Å²) in [5, 5.41) is 0.898. The van der Waals surface area contributed by atoms with Gasteiger partial charge in [-0.25, -0.2) is 4.79 Å². The van der Waals surface area contributed by atoms with E-state index in [1.807, 2.05) is 31.2 Å². The van der Waals surface area contributed by atoms with Crippen molar-refractivity contribution in [1.82, 2.24) is 0 Å². The number of rotatable bonds is 3. The van der Waals surface area contributed by atoms with Crippen LogP contribution in [0.4, 0.5) is 5.69 Å². The van der Waals surface area contributed by atoms with Crippen molar-refractivity contribution in [3.63, 3.8) is 0 Å². The first-order chi connectivity index (χ1) is 15.0. The third kappa shape index (κ3) is 3.42. The molecule has 0 fully saturated rings. The van der Waals surface area contributed by atoms with Crippen LogP contribution in [-0.2, 0) is 6.54 Å². The Kier molecular flexibility index (Phi) is 4.66. The van der Waals surface area contributed by atoms with E-state index in [4.69, 9.17) is 13.9 Å². The van der Waals surface area contributed by atoms with Gasteiger partial charge in [0.1, 0.15) is 17.1 Å². The van der Waals surface area contributed by atoms with Gasteiger partial charge in [-0.1, -0.05) is 29.8 Å². The number of aryl methyl sites for hydroxylation is 2. The summed E-state index contributed by atoms with van der Waals surface area (Å²) in [6, 6.07) is 19.8. The van der Waals surface area contributed by atoms with E-state index in [1.54, 1.807) is 13.2 Å². The van der Waals surface area contributed by atoms with Crippen LogP contribution in [-0.4, -0.2) is 13.8 Å². The fourth-order valence-electron chi connectivity index (χ4n) is 4.15. The van der Waals surface area contributed by atoms with E-state index in [0.29, 0.717) is 12.3 Å². The largest absolute Gasteiger partial charge is 0.497 e. The van der Waals surface area contributed by atoms with Crippen molar-refractivity contribution in [3.05, 3.63) is 87.8 Å². The van der Waals surface area contributed by atoms with E-state index in [1.165, 1.54) is 5.56 Å². The number of nitrogens with zero attached hydrogens (tertiary/aromatic N) is 1. The molecule has 0 saturated heterocycles. The van der Waals surface area contributed by atoms with Gasteiger partial charge in [0.15, 0.2) is 6.73 Å². The van der Waals surface area contributed by atoms with E-state index in [0.717, 1.165) is 51.4 Å². The van der Waals surface area contributed by atoms with Gasteiger partial charge in [-0.3, -0.25) is 0 Å². The minimum absolute atomic E-state index is 0.376. The fraction of sp³-hybridized carbons (Fsp3) is 0.192. The molecular formula is C26H23NO4. The molecule has 5 heteroatoms. The molecule has 0 N–H and O–H groups in total. The highest BCUT2D eigenvalue weighted by Crippen LogP contribution is 2.39. The van der Waals surface area contributed by atoms with Gasteiger partial charge in [0, 0.05) is 34.8 Å². The number of benzene rings is 3. The van der Waals surface area contributed by atoms with Crippen LogP contribution in [0.3, 0.4) is 0 Å². The van der Waals surface area contributed by atoms with Crippen LogP contribution in [0.25, 0.3) is 22.1 Å². The Balaban J connectivity index is 1.64. The summed E-state index contributed by atoms with van der Waals surface area (Å²) in [5.41, 5.74) is 6.23. The zero-order chi connectivity index (χ0) is 21.5. The molecule has 1 aliphatic rings. The first-order valence-corrected chi connectivity index (χ1v) is 10.2. The molecule has 0 unspecified atom stereocenters. The molecule has 0 aliphatic carbocycles. The van der Waals surface area contributed by atoms with Crippen molar-refractivity contribution < 1.29 is 13.9 Å². The Morgan fingerprint density at radius 2 is 1.71 bits per heavy atom. The van der Waals surface area contributed by atoms with Crippen molar-refractivity contribution in [3.8, 4) is 22.6 Å². The zero-order valence-electron chi connectivity index (χ0n) is 17.8. The topological polar surface area (TPSA) is 51.9 Å². The quantitative estimate of drug-likeness (QED) is 0.419. The lowest BCUT2D eigenvalue weighted by Crippen LogP contribution is -2.32. The van der Waals surface area contributed by atoms with Crippen molar-refractivity contribution in [1.29, 1.82) is 0 Å². The normalized spacial score (nSPS) is 13.1. The summed E-state index contributed by atoms with van der Waals surface area (Å²) < 4.78 is 17.0. The predicted molar refractivity (Wildman–Crippen MR) is 122 cm³/mol. The van der Waals surface area contributed by atoms with E-state index in [2.05, 4.69) is 42.2 Å². The number of ether oxygens (including phenoxy) is 2. The lowest BCUT2D eigenvalue weighted by atomic mass is 9.96. The summed E-state index contributed by atoms with van der Waals surface area (Å²) >= 11 is 0. The molecule has 156 valence electrons. The smallest absolute Gasteiger partial charge is 0.336 e. The fourth-order valence-corrected chi connectivity index (χ4v) is 4.15. The van der Waals surface area contributed by atoms with Gasteiger partial charge in [-0.15, -0.1) is 0 Å². The van der Waals surface area contributed by atoms with Gasteiger partial charge in [-0.2, -0.15) is 0 Å². The standard InChI is InChI=1S/C26H23NO4/c1-16-4-8-20(9-5-16)27-14-19-12-23-22(18-6-10-21(29-3)11-7-18)13-24(28)31-26(23)17(2)25(19)30-15-27/h4-13H,14-15H2,1-3H3. The molecule has 4 aromatic rings. The lowest BCUT2D eigenvalue weighted by Gasteiger charge is -2.32. The van der Waals surface area contributed by atoms with Gasteiger partial charge in [-0.05, 0) is 55.3 Å². The van der Waals surface area contributed by atoms with Crippen molar-refractivity contribution in [2.24, 2.45) is 0 Å². The highest BCUT2D eigenvalue weighted by atomic mass is 16.5. The zero-order valence-corrected chi connectivity index (χ0v) is 17.8. The average Bonchev–Trinajstić information content (AvgIpc) is 2.79. The van der Waals surface area contributed by atoms with Gasteiger partial charge in [0.25, 0.3) is 0 Å². The SMILES string of the molecule is COc1ccc(-c2cc(=O)oc3c(C)c4c(cc23)CN(c2ccc(C)cc2)CO4)cc1. The van der Waals surface area contributed by atoms with E-state index in [-0.39, 0.29) is 5.63 Å². The molecule has 3 aromatic carbocycles. The van der Waals surface area contributed by atoms with E-state index in [9.17, 15) is 4.79 Å². The Bertz CT molecular complexity index is 1320. The summed E-state index contributed by atoms with van der Waals surface area (Å²) in [6.07, 6.45) is 0. The lowest BCUT2D eigenvalue weighted by molar-refractivity contribution is 0.287. The second-order valence-corrected chi connectivity index (χ2v) is 7.88. The first-order valence-electron chi connectivity index (χ1n) is 10.2. The summed E-state index contributed by atoms with van der Waals surface area (Å²) in [5.74, 6) is 1.57. The molecule has 0 atom stereocenters. The summed E-state index contributed by atoms with van der Waals surface area (Å²) in [7, 11) is 1.64. The van der Waals surface area contributed by atoms with Crippen LogP contribution in [0.5, 0.6) is 11.5 Å². The maximum absolute atomic E-state index is 12.3. The second kappa shape index (κ2) is 7.51. The third-order valence-electron chi connectivity index (χ3n) is 5.82. The van der Waals surface area contributed by atoms with E-state index >= 15 is 0 Å². The second-order valence-electron chi connectivity index (χ2n) is 7.88. The van der Waals surface area contributed by atoms with Crippen LogP contribution in [0, 0.1) is 13.8 Å². The number of methoxy groups -OCH3 is 1. The molecule has 0 bridgehead atoms. The van der Waals surface area contributed by atoms with Gasteiger partial charge in [0.2, 0.25) is 0 Å². The van der Waals surface area contributed by atoms with Crippen molar-refractivity contribution in [2.75, 3.05) is 18.7 Å². The van der Waals surface area contributed by atoms with Crippen LogP contribution < -0.4 is 20.0 Å². The van der Waals surface area contributed by atoms with Crippen LogP contribution in [0.2, 0.25) is 0 Å². The molecule has 2 heterocycles. The Hall–Kier alpha value is -3.73. The van der Waals surface area contributed by atoms with Crippen LogP contribution >= 0.6 is 0 Å². The monoisotopic (exact) mass is 413 g/mol. The molecule has 0 saturated carbocycles. The Morgan fingerprint density at radius 3 is 2.42 bits per heavy atom. The minimum Gasteiger partial charge on any atom is -0.497 e. The number of fused-ring (bicyclic) bond motifs is 2. The van der Waals surface area contributed by atoms with Gasteiger partial charge < -0.3 is 18.8 Å². The summed E-state index contributed by atoms with van der Waals surface area (Å²) in [4.78, 5) is 14.5. The van der Waals surface area contributed by atoms with E-state index < -0.39 is 0 Å². The number of hydrogen-bond acceptors (Lipinski definition) is 5. The molecule has 31 heavy (non-hydrogen) atoms. The molecule has 0 radical (unpaired) electrons. The highest BCUT2D eigenvalue weighted by Gasteiger charge is 2.23. The number of hydrogen-bond donors (Lipinski definition) is 0. The van der Waals surface area contributed by atoms with Crippen LogP contribution in [0.1, 0.15) is 16.7 Å².